The van der Waals surface area contributed by atoms with Crippen LogP contribution in [0.25, 0.3) is 10.1 Å². The van der Waals surface area contributed by atoms with Gasteiger partial charge in [0.25, 0.3) is 0 Å². The molecule has 8 heteroatoms. The predicted molar refractivity (Wildman–Crippen MR) is 88.0 cm³/mol. The fourth-order valence-corrected chi connectivity index (χ4v) is 7.29. The molecule has 0 atom stereocenters. The van der Waals surface area contributed by atoms with Crippen LogP contribution in [0.5, 0.6) is 0 Å². The first-order valence-electron chi connectivity index (χ1n) is 6.45. The highest BCUT2D eigenvalue weighted by atomic mass is 35.5. The van der Waals surface area contributed by atoms with Gasteiger partial charge in [-0.25, -0.2) is 8.42 Å². The maximum Gasteiger partial charge on any atom is 0.244 e. The van der Waals surface area contributed by atoms with Gasteiger partial charge in [-0.05, 0) is 6.07 Å². The number of fused-ring (bicyclic) bond motifs is 1. The minimum Gasteiger partial charge on any atom is -0.259 e. The number of alkyl halides is 1. The van der Waals surface area contributed by atoms with Crippen molar-refractivity contribution in [3.05, 3.63) is 29.1 Å². The molecule has 4 nitrogen and oxygen atoms in total. The van der Waals surface area contributed by atoms with Crippen LogP contribution in [0.4, 0.5) is 0 Å². The van der Waals surface area contributed by atoms with Crippen molar-refractivity contribution in [2.24, 2.45) is 0 Å². The predicted octanol–water partition coefficient (Wildman–Crippen LogP) is 2.39. The van der Waals surface area contributed by atoms with E-state index >= 15 is 0 Å². The Balaban J connectivity index is 2.12. The first-order chi connectivity index (χ1) is 10.0. The molecule has 1 aromatic heterocycles. The van der Waals surface area contributed by atoms with Gasteiger partial charge in [-0.2, -0.15) is 4.31 Å². The summed E-state index contributed by atoms with van der Waals surface area (Å²) in [5, 5.41) is 0.727. The third-order valence-electron chi connectivity index (χ3n) is 3.47. The van der Waals surface area contributed by atoms with Gasteiger partial charge in [-0.15, -0.1) is 22.9 Å². The second-order valence-electron chi connectivity index (χ2n) is 4.74. The Kier molecular flexibility index (Phi) is 4.38. The number of nitrogens with zero attached hydrogens (tertiary/aromatic N) is 1. The van der Waals surface area contributed by atoms with Gasteiger partial charge in [0.15, 0.2) is 0 Å². The lowest BCUT2D eigenvalue weighted by Crippen LogP contribution is -2.41. The molecule has 0 amide bonds. The lowest BCUT2D eigenvalue weighted by Gasteiger charge is -2.25. The maximum absolute atomic E-state index is 12.9. The minimum absolute atomic E-state index is 0.174. The molecule has 0 aliphatic carbocycles. The molecule has 1 aliphatic heterocycles. The lowest BCUT2D eigenvalue weighted by atomic mass is 10.2. The van der Waals surface area contributed by atoms with Crippen molar-refractivity contribution in [2.45, 2.75) is 10.8 Å². The molecule has 0 radical (unpaired) electrons. The number of hydrogen-bond acceptors (Lipinski definition) is 4. The number of halogens is 1. The Bertz CT molecular complexity index is 790. The highest BCUT2D eigenvalue weighted by molar-refractivity contribution is 7.90. The third kappa shape index (κ3) is 2.77. The van der Waals surface area contributed by atoms with Crippen molar-refractivity contribution in [1.82, 2.24) is 4.31 Å². The van der Waals surface area contributed by atoms with Crippen molar-refractivity contribution in [1.29, 1.82) is 0 Å². The van der Waals surface area contributed by atoms with E-state index in [0.29, 0.717) is 34.4 Å². The summed E-state index contributed by atoms with van der Waals surface area (Å²) in [6.45, 7) is 0.613. The summed E-state index contributed by atoms with van der Waals surface area (Å²) < 4.78 is 39.6. The lowest BCUT2D eigenvalue weighted by molar-refractivity contribution is 0.439. The van der Waals surface area contributed by atoms with Gasteiger partial charge >= 0.3 is 0 Å². The minimum atomic E-state index is -3.59. The van der Waals surface area contributed by atoms with Crippen molar-refractivity contribution < 1.29 is 12.6 Å². The van der Waals surface area contributed by atoms with Crippen LogP contribution < -0.4 is 0 Å². The van der Waals surface area contributed by atoms with Gasteiger partial charge in [-0.1, -0.05) is 18.2 Å². The third-order valence-corrected chi connectivity index (χ3v) is 8.50. The van der Waals surface area contributed by atoms with Gasteiger partial charge in [0.2, 0.25) is 10.0 Å². The Hall–Kier alpha value is -0.470. The van der Waals surface area contributed by atoms with Crippen LogP contribution in [0.3, 0.4) is 0 Å². The summed E-state index contributed by atoms with van der Waals surface area (Å²) in [6, 6.07) is 7.44. The summed E-state index contributed by atoms with van der Waals surface area (Å²) >= 11 is 7.37. The Morgan fingerprint density at radius 1 is 1.24 bits per heavy atom. The molecule has 0 spiro atoms. The average molecular weight is 364 g/mol. The van der Waals surface area contributed by atoms with Crippen molar-refractivity contribution in [3.63, 3.8) is 0 Å². The SMILES string of the molecule is O=S1CCN(S(=O)(=O)c2c(CCl)sc3ccccc23)CC1. The number of benzene rings is 1. The largest absolute Gasteiger partial charge is 0.259 e. The molecular formula is C13H14ClNO3S3. The van der Waals surface area contributed by atoms with Crippen LogP contribution in [0.2, 0.25) is 0 Å². The Labute approximate surface area is 135 Å². The van der Waals surface area contributed by atoms with Crippen LogP contribution in [-0.2, 0) is 26.7 Å². The standard InChI is InChI=1S/C13H14ClNO3S3/c14-9-12-13(10-3-1-2-4-11(10)19-12)21(17,18)15-5-7-20(16)8-6-15/h1-4H,5-9H2. The molecule has 1 aromatic carbocycles. The molecule has 1 aliphatic rings. The van der Waals surface area contributed by atoms with Crippen LogP contribution in [0.1, 0.15) is 4.88 Å². The van der Waals surface area contributed by atoms with E-state index in [1.807, 2.05) is 24.3 Å². The second kappa shape index (κ2) is 5.96. The van der Waals surface area contributed by atoms with Crippen LogP contribution in [0, 0.1) is 0 Å². The summed E-state index contributed by atoms with van der Waals surface area (Å²) in [6.07, 6.45) is 0. The molecule has 21 heavy (non-hydrogen) atoms. The van der Waals surface area contributed by atoms with E-state index in [4.69, 9.17) is 11.6 Å². The van der Waals surface area contributed by atoms with Gasteiger partial charge in [0.1, 0.15) is 4.90 Å². The summed E-state index contributed by atoms with van der Waals surface area (Å²) in [4.78, 5) is 0.996. The van der Waals surface area contributed by atoms with E-state index in [2.05, 4.69) is 0 Å². The van der Waals surface area contributed by atoms with E-state index in [1.165, 1.54) is 15.6 Å². The fourth-order valence-electron chi connectivity index (χ4n) is 2.43. The topological polar surface area (TPSA) is 54.5 Å². The zero-order valence-electron chi connectivity index (χ0n) is 11.1. The van der Waals surface area contributed by atoms with E-state index in [0.717, 1.165) is 10.1 Å². The zero-order valence-corrected chi connectivity index (χ0v) is 14.3. The van der Waals surface area contributed by atoms with Crippen molar-refractivity contribution in [3.8, 4) is 0 Å². The first-order valence-corrected chi connectivity index (χ1v) is 10.7. The maximum atomic E-state index is 12.9. The monoisotopic (exact) mass is 363 g/mol. The van der Waals surface area contributed by atoms with Crippen LogP contribution in [-0.4, -0.2) is 41.5 Å². The van der Waals surface area contributed by atoms with Crippen LogP contribution >= 0.6 is 22.9 Å². The van der Waals surface area contributed by atoms with Crippen molar-refractivity contribution in [2.75, 3.05) is 24.6 Å². The summed E-state index contributed by atoms with van der Waals surface area (Å²) in [7, 11) is -4.49. The molecule has 1 fully saturated rings. The van der Waals surface area contributed by atoms with Gasteiger partial charge < -0.3 is 0 Å². The molecule has 0 unspecified atom stereocenters. The molecule has 0 bridgehead atoms. The normalized spacial score (nSPS) is 18.3. The van der Waals surface area contributed by atoms with Gasteiger partial charge in [0, 0.05) is 50.4 Å². The summed E-state index contributed by atoms with van der Waals surface area (Å²) in [5.41, 5.74) is 0. The first kappa shape index (κ1) is 15.4. The Morgan fingerprint density at radius 3 is 2.57 bits per heavy atom. The molecule has 2 heterocycles. The molecular weight excluding hydrogens is 350 g/mol. The Morgan fingerprint density at radius 2 is 1.90 bits per heavy atom. The second-order valence-corrected chi connectivity index (χ2v) is 9.71. The quantitative estimate of drug-likeness (QED) is 0.787. The van der Waals surface area contributed by atoms with Gasteiger partial charge in [0.05, 0.1) is 5.88 Å². The smallest absolute Gasteiger partial charge is 0.244 e. The van der Waals surface area contributed by atoms with Crippen LogP contribution in [0.15, 0.2) is 29.2 Å². The molecule has 0 saturated carbocycles. The summed E-state index contributed by atoms with van der Waals surface area (Å²) in [5.74, 6) is 0.975. The number of hydrogen-bond donors (Lipinski definition) is 0. The molecule has 0 N–H and O–H groups in total. The number of sulfonamides is 1. The van der Waals surface area contributed by atoms with E-state index in [-0.39, 0.29) is 5.88 Å². The van der Waals surface area contributed by atoms with E-state index in [1.54, 1.807) is 0 Å². The van der Waals surface area contributed by atoms with Gasteiger partial charge in [-0.3, -0.25) is 4.21 Å². The molecule has 114 valence electrons. The van der Waals surface area contributed by atoms with Crippen molar-refractivity contribution >= 4 is 53.8 Å². The number of thiophene rings is 1. The highest BCUT2D eigenvalue weighted by Crippen LogP contribution is 2.37. The average Bonchev–Trinajstić information content (AvgIpc) is 2.87. The highest BCUT2D eigenvalue weighted by Gasteiger charge is 2.32. The number of rotatable bonds is 3. The van der Waals surface area contributed by atoms with E-state index < -0.39 is 20.8 Å². The molecule has 1 saturated heterocycles. The zero-order chi connectivity index (χ0) is 15.0. The fraction of sp³-hybridized carbons (Fsp3) is 0.385. The van der Waals surface area contributed by atoms with E-state index in [9.17, 15) is 12.6 Å². The molecule has 3 rings (SSSR count). The molecule has 2 aromatic rings.